The molecule has 20 heavy (non-hydrogen) atoms. The van der Waals surface area contributed by atoms with Crippen LogP contribution >= 0.6 is 15.9 Å². The zero-order valence-corrected chi connectivity index (χ0v) is 14.1. The van der Waals surface area contributed by atoms with Gasteiger partial charge in [-0.3, -0.25) is 0 Å². The van der Waals surface area contributed by atoms with Crippen LogP contribution in [0, 0.1) is 6.92 Å². The second-order valence-electron chi connectivity index (χ2n) is 5.51. The summed E-state index contributed by atoms with van der Waals surface area (Å²) in [6, 6.07) is 4.25. The molecule has 112 valence electrons. The van der Waals surface area contributed by atoms with E-state index in [1.807, 2.05) is 7.05 Å². The molecule has 0 aromatic heterocycles. The van der Waals surface area contributed by atoms with Crippen molar-refractivity contribution in [1.29, 1.82) is 0 Å². The van der Waals surface area contributed by atoms with Crippen molar-refractivity contribution < 1.29 is 9.47 Å². The highest BCUT2D eigenvalue weighted by atomic mass is 79.9. The number of benzene rings is 1. The number of hydrogen-bond donors (Lipinski definition) is 1. The second-order valence-corrected chi connectivity index (χ2v) is 6.42. The summed E-state index contributed by atoms with van der Waals surface area (Å²) in [4.78, 5) is 0. The van der Waals surface area contributed by atoms with Crippen molar-refractivity contribution in [3.8, 4) is 5.75 Å². The largest absolute Gasteiger partial charge is 0.490 e. The fourth-order valence-corrected chi connectivity index (χ4v) is 3.50. The second kappa shape index (κ2) is 7.43. The predicted octanol–water partition coefficient (Wildman–Crippen LogP) is 3.81. The standard InChI is InChI=1S/C16H24BrNO2/c1-11-7-13(17)8-12(10-18-2)16(11)20-15-6-4-5-14(9-15)19-3/h7-8,14-15,18H,4-6,9-10H2,1-3H3. The van der Waals surface area contributed by atoms with Gasteiger partial charge >= 0.3 is 0 Å². The van der Waals surface area contributed by atoms with Crippen molar-refractivity contribution in [3.05, 3.63) is 27.7 Å². The molecule has 2 unspecified atom stereocenters. The van der Waals surface area contributed by atoms with E-state index < -0.39 is 0 Å². The van der Waals surface area contributed by atoms with Gasteiger partial charge in [-0.1, -0.05) is 15.9 Å². The van der Waals surface area contributed by atoms with Crippen LogP contribution in [0.2, 0.25) is 0 Å². The van der Waals surface area contributed by atoms with Gasteiger partial charge in [-0.05, 0) is 50.9 Å². The Kier molecular flexibility index (Phi) is 5.87. The van der Waals surface area contributed by atoms with Crippen LogP contribution < -0.4 is 10.1 Å². The number of ether oxygens (including phenoxy) is 2. The summed E-state index contributed by atoms with van der Waals surface area (Å²) in [7, 11) is 3.76. The number of methoxy groups -OCH3 is 1. The first-order valence-corrected chi connectivity index (χ1v) is 8.06. The zero-order valence-electron chi connectivity index (χ0n) is 12.5. The molecule has 1 aromatic carbocycles. The van der Waals surface area contributed by atoms with Crippen LogP contribution in [-0.2, 0) is 11.3 Å². The molecule has 4 heteroatoms. The SMILES string of the molecule is CNCc1cc(Br)cc(C)c1OC1CCCC(OC)C1. The molecular weight excluding hydrogens is 318 g/mol. The maximum Gasteiger partial charge on any atom is 0.127 e. The van der Waals surface area contributed by atoms with Gasteiger partial charge in [0.15, 0.2) is 0 Å². The van der Waals surface area contributed by atoms with Gasteiger partial charge in [-0.25, -0.2) is 0 Å². The average Bonchev–Trinajstić information content (AvgIpc) is 2.43. The van der Waals surface area contributed by atoms with Gasteiger partial charge in [-0.2, -0.15) is 0 Å². The molecule has 2 atom stereocenters. The van der Waals surface area contributed by atoms with E-state index in [0.717, 1.165) is 36.0 Å². The van der Waals surface area contributed by atoms with E-state index in [-0.39, 0.29) is 6.10 Å². The maximum atomic E-state index is 6.32. The first-order valence-electron chi connectivity index (χ1n) is 7.27. The molecule has 1 saturated carbocycles. The average molecular weight is 342 g/mol. The van der Waals surface area contributed by atoms with Crippen LogP contribution in [0.3, 0.4) is 0 Å². The molecular formula is C16H24BrNO2. The molecule has 0 heterocycles. The van der Waals surface area contributed by atoms with Crippen molar-refractivity contribution >= 4 is 15.9 Å². The lowest BCUT2D eigenvalue weighted by Crippen LogP contribution is -2.30. The lowest BCUT2D eigenvalue weighted by molar-refractivity contribution is 0.0204. The van der Waals surface area contributed by atoms with Crippen molar-refractivity contribution in [2.75, 3.05) is 14.2 Å². The van der Waals surface area contributed by atoms with E-state index >= 15 is 0 Å². The summed E-state index contributed by atoms with van der Waals surface area (Å²) in [6.07, 6.45) is 5.06. The summed E-state index contributed by atoms with van der Waals surface area (Å²) in [5.41, 5.74) is 2.39. The molecule has 1 aliphatic carbocycles. The van der Waals surface area contributed by atoms with Gasteiger partial charge in [-0.15, -0.1) is 0 Å². The van der Waals surface area contributed by atoms with Crippen LogP contribution in [-0.4, -0.2) is 26.4 Å². The van der Waals surface area contributed by atoms with Gasteiger partial charge in [0.05, 0.1) is 6.10 Å². The molecule has 1 aromatic rings. The minimum Gasteiger partial charge on any atom is -0.490 e. The smallest absolute Gasteiger partial charge is 0.127 e. The summed E-state index contributed by atoms with van der Waals surface area (Å²) in [5, 5.41) is 3.21. The Hall–Kier alpha value is -0.580. The van der Waals surface area contributed by atoms with Gasteiger partial charge in [0, 0.05) is 30.1 Å². The van der Waals surface area contributed by atoms with Crippen LogP contribution in [0.4, 0.5) is 0 Å². The molecule has 0 radical (unpaired) electrons. The van der Waals surface area contributed by atoms with Crippen LogP contribution in [0.15, 0.2) is 16.6 Å². The maximum absolute atomic E-state index is 6.32. The third-order valence-electron chi connectivity index (χ3n) is 3.88. The Balaban J connectivity index is 2.15. The first kappa shape index (κ1) is 15.8. The quantitative estimate of drug-likeness (QED) is 0.883. The number of halogens is 1. The fraction of sp³-hybridized carbons (Fsp3) is 0.625. The molecule has 1 N–H and O–H groups in total. The Bertz CT molecular complexity index is 450. The van der Waals surface area contributed by atoms with Gasteiger partial charge < -0.3 is 14.8 Å². The minimum atomic E-state index is 0.268. The van der Waals surface area contributed by atoms with E-state index in [2.05, 4.69) is 40.3 Å². The minimum absolute atomic E-state index is 0.268. The molecule has 1 aliphatic rings. The van der Waals surface area contributed by atoms with Gasteiger partial charge in [0.1, 0.15) is 11.9 Å². The van der Waals surface area contributed by atoms with Crippen LogP contribution in [0.25, 0.3) is 0 Å². The Morgan fingerprint density at radius 3 is 2.75 bits per heavy atom. The van der Waals surface area contributed by atoms with Crippen LogP contribution in [0.1, 0.15) is 36.8 Å². The van der Waals surface area contributed by atoms with E-state index in [9.17, 15) is 0 Å². The van der Waals surface area contributed by atoms with Crippen molar-refractivity contribution in [1.82, 2.24) is 5.32 Å². The third-order valence-corrected chi connectivity index (χ3v) is 4.34. The lowest BCUT2D eigenvalue weighted by atomic mass is 9.94. The molecule has 0 amide bonds. The topological polar surface area (TPSA) is 30.5 Å². The highest BCUT2D eigenvalue weighted by molar-refractivity contribution is 9.10. The molecule has 0 spiro atoms. The summed E-state index contributed by atoms with van der Waals surface area (Å²) in [6.45, 7) is 2.92. The number of nitrogens with one attached hydrogen (secondary N) is 1. The zero-order chi connectivity index (χ0) is 14.5. The van der Waals surface area contributed by atoms with E-state index in [0.29, 0.717) is 6.10 Å². The Morgan fingerprint density at radius 2 is 2.05 bits per heavy atom. The molecule has 2 rings (SSSR count). The summed E-state index contributed by atoms with van der Waals surface area (Å²) >= 11 is 3.56. The van der Waals surface area contributed by atoms with E-state index in [4.69, 9.17) is 9.47 Å². The van der Waals surface area contributed by atoms with Crippen molar-refractivity contribution in [2.24, 2.45) is 0 Å². The lowest BCUT2D eigenvalue weighted by Gasteiger charge is -2.30. The van der Waals surface area contributed by atoms with Crippen LogP contribution in [0.5, 0.6) is 5.75 Å². The number of rotatable bonds is 5. The molecule has 0 bridgehead atoms. The molecule has 0 aliphatic heterocycles. The van der Waals surface area contributed by atoms with Gasteiger partial charge in [0.2, 0.25) is 0 Å². The first-order chi connectivity index (χ1) is 9.63. The van der Waals surface area contributed by atoms with Crippen molar-refractivity contribution in [3.63, 3.8) is 0 Å². The fourth-order valence-electron chi connectivity index (χ4n) is 2.88. The number of hydrogen-bond acceptors (Lipinski definition) is 3. The Labute approximate surface area is 130 Å². The third kappa shape index (κ3) is 3.96. The molecule has 1 fully saturated rings. The summed E-state index contributed by atoms with van der Waals surface area (Å²) < 4.78 is 12.9. The highest BCUT2D eigenvalue weighted by Crippen LogP contribution is 2.32. The summed E-state index contributed by atoms with van der Waals surface area (Å²) in [5.74, 6) is 1.03. The molecule has 3 nitrogen and oxygen atoms in total. The van der Waals surface area contributed by atoms with Gasteiger partial charge in [0.25, 0.3) is 0 Å². The monoisotopic (exact) mass is 341 g/mol. The van der Waals surface area contributed by atoms with E-state index in [1.54, 1.807) is 7.11 Å². The normalized spacial score (nSPS) is 22.8. The Morgan fingerprint density at radius 1 is 1.30 bits per heavy atom. The highest BCUT2D eigenvalue weighted by Gasteiger charge is 2.24. The van der Waals surface area contributed by atoms with Crippen molar-refractivity contribution in [2.45, 2.75) is 51.4 Å². The van der Waals surface area contributed by atoms with E-state index in [1.165, 1.54) is 17.5 Å². The molecule has 0 saturated heterocycles. The number of aryl methyl sites for hydroxylation is 1. The predicted molar refractivity (Wildman–Crippen MR) is 85.3 cm³/mol.